The lowest BCUT2D eigenvalue weighted by molar-refractivity contribution is 0.0398. The first-order chi connectivity index (χ1) is 17.2. The maximum absolute atomic E-state index is 6.17. The van der Waals surface area contributed by atoms with E-state index in [9.17, 15) is 0 Å². The van der Waals surface area contributed by atoms with Gasteiger partial charge in [0.25, 0.3) is 0 Å². The molecular formula is C25H30Cl2N8O. The van der Waals surface area contributed by atoms with E-state index in [0.29, 0.717) is 11.6 Å². The van der Waals surface area contributed by atoms with E-state index in [-0.39, 0.29) is 18.4 Å². The quantitative estimate of drug-likeness (QED) is 0.301. The van der Waals surface area contributed by atoms with Crippen molar-refractivity contribution in [3.05, 3.63) is 71.6 Å². The average Bonchev–Trinajstić information content (AvgIpc) is 3.33. The van der Waals surface area contributed by atoms with Gasteiger partial charge in [-0.1, -0.05) is 29.8 Å². The minimum atomic E-state index is -0.106. The molecule has 0 bridgehead atoms. The first-order valence-corrected chi connectivity index (χ1v) is 12.1. The van der Waals surface area contributed by atoms with Gasteiger partial charge < -0.3 is 21.1 Å². The lowest BCUT2D eigenvalue weighted by Crippen LogP contribution is -2.39. The zero-order valence-electron chi connectivity index (χ0n) is 19.8. The molecular weight excluding hydrogens is 499 g/mol. The molecule has 4 heterocycles. The maximum atomic E-state index is 6.17. The number of ether oxygens (including phenoxy) is 1. The lowest BCUT2D eigenvalue weighted by atomic mass is 10.1. The number of morpholine rings is 1. The number of halogens is 2. The summed E-state index contributed by atoms with van der Waals surface area (Å²) in [6.07, 6.45) is 5.51. The van der Waals surface area contributed by atoms with Crippen molar-refractivity contribution in [2.45, 2.75) is 6.04 Å². The third-order valence-corrected chi connectivity index (χ3v) is 6.31. The third kappa shape index (κ3) is 6.05. The number of nitrogens with zero attached hydrogens (tertiary/aromatic N) is 5. The standard InChI is InChI=1S/C25H29ClN8O.ClH/c26-19-4-1-3-18(15-19)21(16-27)32-23-6-2-5-20(31-23)22-17-30-25-24(29-8-10-34(22)25)28-7-9-33-11-13-35-14-12-33;/h1-6,8,10,15,17,21H,7,9,11-14,16,27H2,(H,28,29)(H,31,32);1H. The Hall–Kier alpha value is -2.95. The molecule has 190 valence electrons. The van der Waals surface area contributed by atoms with Crippen LogP contribution in [0.2, 0.25) is 5.02 Å². The van der Waals surface area contributed by atoms with Gasteiger partial charge in [0.05, 0.1) is 36.8 Å². The summed E-state index contributed by atoms with van der Waals surface area (Å²) < 4.78 is 7.43. The van der Waals surface area contributed by atoms with Crippen molar-refractivity contribution in [1.29, 1.82) is 0 Å². The van der Waals surface area contributed by atoms with Gasteiger partial charge in [0, 0.05) is 50.1 Å². The second-order valence-corrected chi connectivity index (χ2v) is 8.83. The largest absolute Gasteiger partial charge is 0.379 e. The Labute approximate surface area is 221 Å². The van der Waals surface area contributed by atoms with Crippen LogP contribution in [0.25, 0.3) is 17.0 Å². The number of fused-ring (bicyclic) bond motifs is 1. The Bertz CT molecular complexity index is 1280. The van der Waals surface area contributed by atoms with Gasteiger partial charge in [-0.25, -0.2) is 15.0 Å². The predicted molar refractivity (Wildman–Crippen MR) is 146 cm³/mol. The maximum Gasteiger partial charge on any atom is 0.180 e. The number of anilines is 2. The van der Waals surface area contributed by atoms with Crippen LogP contribution in [-0.4, -0.2) is 70.2 Å². The summed E-state index contributed by atoms with van der Waals surface area (Å²) >= 11 is 6.17. The number of pyridine rings is 1. The third-order valence-electron chi connectivity index (χ3n) is 6.07. The molecule has 1 atom stereocenters. The molecule has 11 heteroatoms. The van der Waals surface area contributed by atoms with E-state index in [1.165, 1.54) is 0 Å². The lowest BCUT2D eigenvalue weighted by Gasteiger charge is -2.26. The summed E-state index contributed by atoms with van der Waals surface area (Å²) in [6, 6.07) is 13.5. The number of nitrogens with one attached hydrogen (secondary N) is 2. The topological polar surface area (TPSA) is 106 Å². The van der Waals surface area contributed by atoms with Gasteiger partial charge in [0.2, 0.25) is 0 Å². The van der Waals surface area contributed by atoms with Gasteiger partial charge in [-0.05, 0) is 29.8 Å². The molecule has 1 aliphatic heterocycles. The highest BCUT2D eigenvalue weighted by Gasteiger charge is 2.15. The van der Waals surface area contributed by atoms with Gasteiger partial charge >= 0.3 is 0 Å². The molecule has 0 radical (unpaired) electrons. The zero-order chi connectivity index (χ0) is 24.0. The molecule has 1 unspecified atom stereocenters. The van der Waals surface area contributed by atoms with E-state index >= 15 is 0 Å². The molecule has 1 aliphatic rings. The molecule has 0 aliphatic carbocycles. The smallest absolute Gasteiger partial charge is 0.180 e. The Kier molecular flexibility index (Phi) is 8.95. The Morgan fingerprint density at radius 2 is 1.94 bits per heavy atom. The zero-order valence-corrected chi connectivity index (χ0v) is 21.4. The highest BCUT2D eigenvalue weighted by Crippen LogP contribution is 2.25. The molecule has 1 fully saturated rings. The first-order valence-electron chi connectivity index (χ1n) is 11.8. The Balaban J connectivity index is 0.00000304. The number of hydrogen-bond donors (Lipinski definition) is 3. The van der Waals surface area contributed by atoms with E-state index in [4.69, 9.17) is 27.1 Å². The van der Waals surface area contributed by atoms with Crippen molar-refractivity contribution >= 4 is 41.3 Å². The van der Waals surface area contributed by atoms with Crippen LogP contribution in [0.5, 0.6) is 0 Å². The second-order valence-electron chi connectivity index (χ2n) is 8.39. The number of benzene rings is 1. The molecule has 3 aromatic heterocycles. The van der Waals surface area contributed by atoms with Crippen LogP contribution in [0.15, 0.2) is 61.1 Å². The number of nitrogens with two attached hydrogens (primary N) is 1. The molecule has 36 heavy (non-hydrogen) atoms. The SMILES string of the molecule is Cl.NCC(Nc1cccc(-c2cnc3c(NCCN4CCOCC4)nccn23)n1)c1cccc(Cl)c1. The normalized spacial score (nSPS) is 14.8. The fraction of sp³-hybridized carbons (Fsp3) is 0.320. The molecule has 0 saturated carbocycles. The van der Waals surface area contributed by atoms with E-state index in [1.54, 1.807) is 6.20 Å². The Morgan fingerprint density at radius 3 is 2.75 bits per heavy atom. The summed E-state index contributed by atoms with van der Waals surface area (Å²) in [4.78, 5) is 16.4. The van der Waals surface area contributed by atoms with Crippen LogP contribution in [0.4, 0.5) is 11.6 Å². The predicted octanol–water partition coefficient (Wildman–Crippen LogP) is 3.72. The van der Waals surface area contributed by atoms with Crippen molar-refractivity contribution in [1.82, 2.24) is 24.3 Å². The van der Waals surface area contributed by atoms with Crippen molar-refractivity contribution < 1.29 is 4.74 Å². The fourth-order valence-corrected chi connectivity index (χ4v) is 4.43. The number of aromatic nitrogens is 4. The minimum Gasteiger partial charge on any atom is -0.379 e. The molecule has 9 nitrogen and oxygen atoms in total. The molecule has 5 rings (SSSR count). The molecule has 4 N–H and O–H groups in total. The van der Waals surface area contributed by atoms with E-state index < -0.39 is 0 Å². The first kappa shape index (κ1) is 26.1. The summed E-state index contributed by atoms with van der Waals surface area (Å²) in [5, 5.41) is 7.54. The van der Waals surface area contributed by atoms with Gasteiger partial charge in [0.1, 0.15) is 5.82 Å². The highest BCUT2D eigenvalue weighted by atomic mass is 35.5. The summed E-state index contributed by atoms with van der Waals surface area (Å²) in [7, 11) is 0. The van der Waals surface area contributed by atoms with Crippen molar-refractivity contribution in [3.63, 3.8) is 0 Å². The van der Waals surface area contributed by atoms with Crippen LogP contribution in [0.1, 0.15) is 11.6 Å². The van der Waals surface area contributed by atoms with Crippen LogP contribution in [0.3, 0.4) is 0 Å². The number of rotatable bonds is 9. The Morgan fingerprint density at radius 1 is 1.11 bits per heavy atom. The second kappa shape index (κ2) is 12.3. The van der Waals surface area contributed by atoms with E-state index in [2.05, 4.69) is 25.5 Å². The summed E-state index contributed by atoms with van der Waals surface area (Å²) in [6.45, 7) is 5.65. The minimum absolute atomic E-state index is 0. The van der Waals surface area contributed by atoms with Crippen LogP contribution in [0, 0.1) is 0 Å². The van der Waals surface area contributed by atoms with Crippen LogP contribution >= 0.6 is 24.0 Å². The average molecular weight is 529 g/mol. The number of hydrogen-bond acceptors (Lipinski definition) is 8. The van der Waals surface area contributed by atoms with Gasteiger partial charge in [0.15, 0.2) is 11.5 Å². The van der Waals surface area contributed by atoms with Crippen LogP contribution in [-0.2, 0) is 4.74 Å². The number of imidazole rings is 1. The summed E-state index contributed by atoms with van der Waals surface area (Å²) in [5.41, 5.74) is 9.51. The monoisotopic (exact) mass is 528 g/mol. The molecule has 0 amide bonds. The van der Waals surface area contributed by atoms with Gasteiger partial charge in [-0.15, -0.1) is 12.4 Å². The molecule has 4 aromatic rings. The van der Waals surface area contributed by atoms with Crippen molar-refractivity contribution in [2.75, 3.05) is 56.6 Å². The molecule has 1 aromatic carbocycles. The van der Waals surface area contributed by atoms with Crippen molar-refractivity contribution in [3.8, 4) is 11.4 Å². The summed E-state index contributed by atoms with van der Waals surface area (Å²) in [5.74, 6) is 1.48. The molecule has 1 saturated heterocycles. The van der Waals surface area contributed by atoms with Crippen molar-refractivity contribution in [2.24, 2.45) is 5.73 Å². The van der Waals surface area contributed by atoms with Gasteiger partial charge in [-0.3, -0.25) is 9.30 Å². The van der Waals surface area contributed by atoms with E-state index in [0.717, 1.165) is 73.6 Å². The molecule has 0 spiro atoms. The van der Waals surface area contributed by atoms with E-state index in [1.807, 2.05) is 59.3 Å². The van der Waals surface area contributed by atoms with Gasteiger partial charge in [-0.2, -0.15) is 0 Å². The highest BCUT2D eigenvalue weighted by molar-refractivity contribution is 6.30. The fourth-order valence-electron chi connectivity index (χ4n) is 4.23. The van der Waals surface area contributed by atoms with Crippen LogP contribution < -0.4 is 16.4 Å².